The predicted molar refractivity (Wildman–Crippen MR) is 86.2 cm³/mol. The third kappa shape index (κ3) is 3.50. The molecule has 0 radical (unpaired) electrons. The smallest absolute Gasteiger partial charge is 0.147 e. The van der Waals surface area contributed by atoms with E-state index in [1.165, 1.54) is 16.7 Å². The van der Waals surface area contributed by atoms with E-state index in [1.807, 2.05) is 6.92 Å². The highest BCUT2D eigenvalue weighted by molar-refractivity contribution is 5.35. The third-order valence-electron chi connectivity index (χ3n) is 4.14. The van der Waals surface area contributed by atoms with Crippen LogP contribution in [0.3, 0.4) is 0 Å². The number of rotatable bonds is 6. The first-order chi connectivity index (χ1) is 10.0. The Balaban J connectivity index is 2.07. The van der Waals surface area contributed by atoms with Gasteiger partial charge < -0.3 is 9.88 Å². The summed E-state index contributed by atoms with van der Waals surface area (Å²) in [6.45, 7) is 12.5. The van der Waals surface area contributed by atoms with Crippen LogP contribution in [-0.4, -0.2) is 14.8 Å². The largest absolute Gasteiger partial charge is 0.314 e. The Hall–Kier alpha value is -1.68. The fourth-order valence-corrected chi connectivity index (χ4v) is 2.67. The molecule has 1 aromatic carbocycles. The fourth-order valence-electron chi connectivity index (χ4n) is 2.67. The first-order valence-electron chi connectivity index (χ1n) is 7.72. The van der Waals surface area contributed by atoms with E-state index in [0.29, 0.717) is 6.04 Å². The molecule has 2 aromatic rings. The quantitative estimate of drug-likeness (QED) is 0.884. The first-order valence-corrected chi connectivity index (χ1v) is 7.72. The molecule has 2 rings (SSSR count). The van der Waals surface area contributed by atoms with Crippen molar-refractivity contribution in [2.24, 2.45) is 0 Å². The van der Waals surface area contributed by atoms with E-state index >= 15 is 0 Å². The lowest BCUT2D eigenvalue weighted by Gasteiger charge is -2.18. The molecule has 114 valence electrons. The molecule has 1 atom stereocenters. The van der Waals surface area contributed by atoms with Gasteiger partial charge in [-0.05, 0) is 50.8 Å². The number of aromatic nitrogens is 3. The zero-order valence-electron chi connectivity index (χ0n) is 13.8. The van der Waals surface area contributed by atoms with Gasteiger partial charge in [-0.2, -0.15) is 0 Å². The third-order valence-corrected chi connectivity index (χ3v) is 4.14. The van der Waals surface area contributed by atoms with Crippen molar-refractivity contribution in [1.29, 1.82) is 0 Å². The Morgan fingerprint density at radius 1 is 1.19 bits per heavy atom. The van der Waals surface area contributed by atoms with Crippen LogP contribution in [0.25, 0.3) is 0 Å². The normalized spacial score (nSPS) is 12.6. The molecule has 1 N–H and O–H groups in total. The van der Waals surface area contributed by atoms with Gasteiger partial charge in [-0.15, -0.1) is 10.2 Å². The molecular formula is C17H26N4. The highest BCUT2D eigenvalue weighted by Gasteiger charge is 2.12. The van der Waals surface area contributed by atoms with Crippen LogP contribution in [0.15, 0.2) is 18.2 Å². The van der Waals surface area contributed by atoms with Gasteiger partial charge >= 0.3 is 0 Å². The second-order valence-electron chi connectivity index (χ2n) is 5.71. The molecule has 0 bridgehead atoms. The minimum Gasteiger partial charge on any atom is -0.314 e. The number of nitrogens with one attached hydrogen (secondary N) is 1. The van der Waals surface area contributed by atoms with Gasteiger partial charge in [-0.3, -0.25) is 0 Å². The highest BCUT2D eigenvalue weighted by atomic mass is 15.3. The van der Waals surface area contributed by atoms with Crippen molar-refractivity contribution in [3.8, 4) is 0 Å². The molecule has 1 unspecified atom stereocenters. The maximum absolute atomic E-state index is 4.29. The lowest BCUT2D eigenvalue weighted by Crippen LogP contribution is -2.22. The SMILES string of the molecule is CCCn1c(C)nnc1CNC(C)c1cccc(C)c1C. The van der Waals surface area contributed by atoms with Crippen molar-refractivity contribution in [2.75, 3.05) is 0 Å². The Morgan fingerprint density at radius 2 is 1.95 bits per heavy atom. The van der Waals surface area contributed by atoms with Crippen molar-refractivity contribution in [2.45, 2.75) is 60.2 Å². The van der Waals surface area contributed by atoms with Crippen molar-refractivity contribution >= 4 is 0 Å². The summed E-state index contributed by atoms with van der Waals surface area (Å²) in [7, 11) is 0. The fraction of sp³-hybridized carbons (Fsp3) is 0.529. The maximum atomic E-state index is 4.29. The number of hydrogen-bond donors (Lipinski definition) is 1. The van der Waals surface area contributed by atoms with Gasteiger partial charge in [-0.25, -0.2) is 0 Å². The number of aryl methyl sites for hydroxylation is 2. The van der Waals surface area contributed by atoms with E-state index in [1.54, 1.807) is 0 Å². The van der Waals surface area contributed by atoms with Gasteiger partial charge in [0.2, 0.25) is 0 Å². The molecule has 1 heterocycles. The van der Waals surface area contributed by atoms with Crippen LogP contribution in [0.2, 0.25) is 0 Å². The van der Waals surface area contributed by atoms with Gasteiger partial charge in [0.25, 0.3) is 0 Å². The van der Waals surface area contributed by atoms with Crippen LogP contribution < -0.4 is 5.32 Å². The number of hydrogen-bond acceptors (Lipinski definition) is 3. The lowest BCUT2D eigenvalue weighted by atomic mass is 9.98. The standard InChI is InChI=1S/C17H26N4/c1-6-10-21-15(5)19-20-17(21)11-18-14(4)16-9-7-8-12(2)13(16)3/h7-9,14,18H,6,10-11H2,1-5H3. The topological polar surface area (TPSA) is 42.7 Å². The average molecular weight is 286 g/mol. The van der Waals surface area contributed by atoms with E-state index in [4.69, 9.17) is 0 Å². The molecule has 21 heavy (non-hydrogen) atoms. The van der Waals surface area contributed by atoms with Crippen LogP contribution in [0.5, 0.6) is 0 Å². The van der Waals surface area contributed by atoms with E-state index in [2.05, 4.69) is 66.0 Å². The Morgan fingerprint density at radius 3 is 2.67 bits per heavy atom. The van der Waals surface area contributed by atoms with Crippen molar-refractivity contribution in [3.05, 3.63) is 46.5 Å². The Kier molecular flexibility index (Phi) is 5.12. The van der Waals surface area contributed by atoms with Crippen molar-refractivity contribution in [1.82, 2.24) is 20.1 Å². The molecular weight excluding hydrogens is 260 g/mol. The molecule has 0 aliphatic heterocycles. The molecule has 0 saturated heterocycles. The van der Waals surface area contributed by atoms with Gasteiger partial charge in [0.05, 0.1) is 6.54 Å². The van der Waals surface area contributed by atoms with Gasteiger partial charge in [0.1, 0.15) is 11.6 Å². The predicted octanol–water partition coefficient (Wildman–Crippen LogP) is 3.46. The van der Waals surface area contributed by atoms with E-state index in [0.717, 1.165) is 31.2 Å². The monoisotopic (exact) mass is 286 g/mol. The van der Waals surface area contributed by atoms with E-state index in [-0.39, 0.29) is 0 Å². The van der Waals surface area contributed by atoms with E-state index in [9.17, 15) is 0 Å². The summed E-state index contributed by atoms with van der Waals surface area (Å²) in [5.74, 6) is 2.01. The van der Waals surface area contributed by atoms with Crippen LogP contribution in [0.4, 0.5) is 0 Å². The summed E-state index contributed by atoms with van der Waals surface area (Å²) in [6, 6.07) is 6.78. The van der Waals surface area contributed by atoms with Crippen molar-refractivity contribution in [3.63, 3.8) is 0 Å². The summed E-state index contributed by atoms with van der Waals surface area (Å²) in [6.07, 6.45) is 1.10. The Bertz CT molecular complexity index is 601. The van der Waals surface area contributed by atoms with Gasteiger partial charge in [0, 0.05) is 12.6 Å². The summed E-state index contributed by atoms with van der Waals surface area (Å²) >= 11 is 0. The lowest BCUT2D eigenvalue weighted by molar-refractivity contribution is 0.527. The molecule has 4 nitrogen and oxygen atoms in total. The second kappa shape index (κ2) is 6.85. The molecule has 0 amide bonds. The molecule has 4 heteroatoms. The summed E-state index contributed by atoms with van der Waals surface area (Å²) in [4.78, 5) is 0. The zero-order valence-corrected chi connectivity index (χ0v) is 13.8. The summed E-state index contributed by atoms with van der Waals surface area (Å²) in [5.41, 5.74) is 4.06. The van der Waals surface area contributed by atoms with Crippen LogP contribution >= 0.6 is 0 Å². The zero-order chi connectivity index (χ0) is 15.4. The number of nitrogens with zero attached hydrogens (tertiary/aromatic N) is 3. The Labute approximate surface area is 127 Å². The van der Waals surface area contributed by atoms with Crippen LogP contribution in [0, 0.1) is 20.8 Å². The summed E-state index contributed by atoms with van der Waals surface area (Å²) in [5, 5.41) is 12.1. The molecule has 0 aliphatic carbocycles. The molecule has 0 spiro atoms. The molecule has 0 fully saturated rings. The minimum absolute atomic E-state index is 0.303. The van der Waals surface area contributed by atoms with Crippen molar-refractivity contribution < 1.29 is 0 Å². The number of benzene rings is 1. The molecule has 1 aromatic heterocycles. The van der Waals surface area contributed by atoms with Crippen LogP contribution in [-0.2, 0) is 13.1 Å². The molecule has 0 aliphatic rings. The first kappa shape index (κ1) is 15.7. The van der Waals surface area contributed by atoms with Gasteiger partial charge in [-0.1, -0.05) is 25.1 Å². The minimum atomic E-state index is 0.303. The van der Waals surface area contributed by atoms with E-state index < -0.39 is 0 Å². The van der Waals surface area contributed by atoms with Gasteiger partial charge in [0.15, 0.2) is 0 Å². The van der Waals surface area contributed by atoms with Crippen LogP contribution in [0.1, 0.15) is 54.6 Å². The second-order valence-corrected chi connectivity index (χ2v) is 5.71. The maximum Gasteiger partial charge on any atom is 0.147 e. The summed E-state index contributed by atoms with van der Waals surface area (Å²) < 4.78 is 2.20. The average Bonchev–Trinajstić information content (AvgIpc) is 2.81. The highest BCUT2D eigenvalue weighted by Crippen LogP contribution is 2.20. The molecule has 0 saturated carbocycles.